The number of carbonyl (C=O) groups excluding carboxylic acids is 4. The summed E-state index contributed by atoms with van der Waals surface area (Å²) >= 11 is 0. The van der Waals surface area contributed by atoms with Crippen molar-refractivity contribution in [1.29, 1.82) is 0 Å². The first kappa shape index (κ1) is 58.5. The van der Waals surface area contributed by atoms with Gasteiger partial charge in [-0.05, 0) is 73.9 Å². The van der Waals surface area contributed by atoms with Crippen LogP contribution >= 0.6 is 0 Å². The molecule has 8 atom stereocenters. The normalized spacial score (nSPS) is 21.5. The molecule has 3 aliphatic heterocycles. The highest BCUT2D eigenvalue weighted by Crippen LogP contribution is 2.46. The quantitative estimate of drug-likeness (QED) is 0.0532. The van der Waals surface area contributed by atoms with E-state index in [4.69, 9.17) is 33.4 Å². The average molecular weight is 1070 g/mol. The van der Waals surface area contributed by atoms with E-state index in [2.05, 4.69) is 44.6 Å². The first-order valence-electron chi connectivity index (χ1n) is 26.6. The maximum atomic E-state index is 13.9. The highest BCUT2D eigenvalue weighted by atomic mass is 16.5. The number of aliphatic imine (C=N–C) groups is 1. The summed E-state index contributed by atoms with van der Waals surface area (Å²) in [5, 5.41) is 35.1. The zero-order valence-corrected chi connectivity index (χ0v) is 45.7. The first-order chi connectivity index (χ1) is 36.9. The summed E-state index contributed by atoms with van der Waals surface area (Å²) in [5.41, 5.74) is 4.60. The number of H-pyrrole nitrogens is 1. The standard InChI is InChI=1S/C55H78N10O12/c1-34-36(3)77-54-47(34)49(40-14-16-41(66)17-15-40)59-43(51-62-61-37(4)65(51)54)29-46(69)63(8)18-21-74-24-22-72-19-9-20-73-23-25-75-26-27-76-32-45(68)60-50(55(5,6)7)53(71)64-31-42(67)28-44(64)52(70)56-30-38-10-12-39(13-11-38)48-35(2)57-33-58-48/h10-17,33-34,36,42-44,47,50,54,66-67H,9,18-32H2,1-8H3,(H,56,70)(H,57,58)(H,60,68)/t34?,36?,42?,43?,44-,47?,50?,54?/m0/s1. The van der Waals surface area contributed by atoms with Gasteiger partial charge in [-0.25, -0.2) is 4.98 Å². The molecule has 2 saturated heterocycles. The molecule has 2 aromatic carbocycles. The highest BCUT2D eigenvalue weighted by Gasteiger charge is 2.48. The second-order valence-electron chi connectivity index (χ2n) is 21.1. The number of aliphatic hydroxyl groups is 1. The fourth-order valence-electron chi connectivity index (χ4n) is 9.76. The fourth-order valence-corrected chi connectivity index (χ4v) is 9.76. The molecule has 22 heteroatoms. The highest BCUT2D eigenvalue weighted by molar-refractivity contribution is 6.03. The molecule has 5 N–H and O–H groups in total. The maximum Gasteiger partial charge on any atom is 0.246 e. The van der Waals surface area contributed by atoms with Crippen LogP contribution in [-0.4, -0.2) is 185 Å². The number of carbonyl (C=O) groups is 4. The van der Waals surface area contributed by atoms with Gasteiger partial charge in [-0.1, -0.05) is 52.0 Å². The molecule has 3 aliphatic rings. The number of likely N-dealkylation sites (tertiary alicyclic amines) is 1. The molecular formula is C55H78N10O12. The van der Waals surface area contributed by atoms with E-state index in [1.165, 1.54) is 4.90 Å². The third kappa shape index (κ3) is 15.5. The number of hydrogen-bond acceptors (Lipinski definition) is 16. The number of aromatic hydroxyl groups is 1. The molecule has 0 saturated carbocycles. The molecule has 5 heterocycles. The number of hydrogen-bond donors (Lipinski definition) is 5. The number of rotatable bonds is 27. The van der Waals surface area contributed by atoms with Gasteiger partial charge in [0, 0.05) is 57.6 Å². The zero-order chi connectivity index (χ0) is 55.2. The molecule has 77 heavy (non-hydrogen) atoms. The first-order valence-corrected chi connectivity index (χ1v) is 26.6. The number of fused-ring (bicyclic) bond motifs is 3. The minimum Gasteiger partial charge on any atom is -0.508 e. The SMILES string of the molecule is Cc1[nH]cnc1-c1ccc(CNC(=O)[C@@H]2CC(O)CN2C(=O)C(NC(=O)COCCOCCOCCCOCCOCCN(C)C(=O)CC2N=C(c3ccc(O)cc3)C3C(C)C(C)OC3n3c(C)nnc32)C(C)(C)C)cc1. The van der Waals surface area contributed by atoms with E-state index >= 15 is 0 Å². The van der Waals surface area contributed by atoms with Gasteiger partial charge in [0.1, 0.15) is 42.5 Å². The van der Waals surface area contributed by atoms with Gasteiger partial charge in [-0.3, -0.25) is 28.7 Å². The molecule has 420 valence electrons. The van der Waals surface area contributed by atoms with Gasteiger partial charge in [-0.15, -0.1) is 10.2 Å². The van der Waals surface area contributed by atoms with E-state index in [0.29, 0.717) is 70.9 Å². The molecule has 4 aromatic rings. The minimum absolute atomic E-state index is 0.0276. The molecule has 4 amide bonds. The van der Waals surface area contributed by atoms with Crippen LogP contribution in [0.1, 0.15) is 94.6 Å². The number of nitrogens with one attached hydrogen (secondary N) is 3. The zero-order valence-electron chi connectivity index (χ0n) is 45.7. The number of aryl methyl sites for hydroxylation is 2. The van der Waals surface area contributed by atoms with Crippen molar-refractivity contribution in [1.82, 2.24) is 45.2 Å². The van der Waals surface area contributed by atoms with E-state index in [0.717, 1.165) is 33.8 Å². The van der Waals surface area contributed by atoms with E-state index in [1.807, 2.05) is 75.6 Å². The van der Waals surface area contributed by atoms with Crippen molar-refractivity contribution in [3.05, 3.63) is 83.3 Å². The van der Waals surface area contributed by atoms with Gasteiger partial charge in [0.25, 0.3) is 0 Å². The van der Waals surface area contributed by atoms with Crippen LogP contribution in [0.4, 0.5) is 0 Å². The number of aliphatic hydroxyl groups excluding tert-OH is 1. The van der Waals surface area contributed by atoms with Crippen LogP contribution in [0.5, 0.6) is 5.75 Å². The Hall–Kier alpha value is -6.14. The Bertz CT molecular complexity index is 2600. The fraction of sp³-hybridized carbons (Fsp3) is 0.600. The Balaban J connectivity index is 0.712. The molecule has 2 fully saturated rings. The number of aromatic nitrogens is 5. The van der Waals surface area contributed by atoms with Crippen molar-refractivity contribution in [2.45, 2.75) is 111 Å². The van der Waals surface area contributed by atoms with Gasteiger partial charge in [-0.2, -0.15) is 0 Å². The van der Waals surface area contributed by atoms with E-state index in [-0.39, 0.29) is 87.5 Å². The smallest absolute Gasteiger partial charge is 0.246 e. The number of amides is 4. The lowest BCUT2D eigenvalue weighted by atomic mass is 9.84. The molecule has 2 aromatic heterocycles. The summed E-state index contributed by atoms with van der Waals surface area (Å²) in [4.78, 5) is 69.6. The topological polar surface area (TPSA) is 266 Å². The predicted molar refractivity (Wildman–Crippen MR) is 283 cm³/mol. The molecule has 0 bridgehead atoms. The van der Waals surface area contributed by atoms with E-state index in [1.54, 1.807) is 30.4 Å². The minimum atomic E-state index is -0.977. The third-order valence-electron chi connectivity index (χ3n) is 14.3. The molecule has 22 nitrogen and oxygen atoms in total. The maximum absolute atomic E-state index is 13.9. The summed E-state index contributed by atoms with van der Waals surface area (Å²) in [5.74, 6) is 0.0324. The van der Waals surface area contributed by atoms with Crippen molar-refractivity contribution in [2.24, 2.45) is 22.2 Å². The van der Waals surface area contributed by atoms with Crippen molar-refractivity contribution in [3.8, 4) is 17.0 Å². The van der Waals surface area contributed by atoms with E-state index in [9.17, 15) is 29.4 Å². The summed E-state index contributed by atoms with van der Waals surface area (Å²) in [6, 6.07) is 12.2. The molecular weight excluding hydrogens is 993 g/mol. The number of nitrogens with zero attached hydrogens (tertiary/aromatic N) is 7. The molecule has 7 unspecified atom stereocenters. The summed E-state index contributed by atoms with van der Waals surface area (Å²) in [7, 11) is 1.74. The Morgan fingerprint density at radius 3 is 2.16 bits per heavy atom. The van der Waals surface area contributed by atoms with Crippen molar-refractivity contribution >= 4 is 29.3 Å². The van der Waals surface area contributed by atoms with Gasteiger partial charge >= 0.3 is 0 Å². The number of aromatic amines is 1. The van der Waals surface area contributed by atoms with Crippen LogP contribution in [0.3, 0.4) is 0 Å². The van der Waals surface area contributed by atoms with Crippen molar-refractivity contribution < 1.29 is 57.8 Å². The van der Waals surface area contributed by atoms with Crippen molar-refractivity contribution in [3.63, 3.8) is 0 Å². The lowest BCUT2D eigenvalue weighted by molar-refractivity contribution is -0.144. The van der Waals surface area contributed by atoms with E-state index < -0.39 is 41.5 Å². The van der Waals surface area contributed by atoms with Gasteiger partial charge in [0.05, 0.1) is 88.5 Å². The number of phenolic OH excluding ortho intramolecular Hbond substituents is 1. The molecule has 0 aliphatic carbocycles. The largest absolute Gasteiger partial charge is 0.508 e. The lowest BCUT2D eigenvalue weighted by Gasteiger charge is -2.35. The molecule has 7 rings (SSSR count). The van der Waals surface area contributed by atoms with Crippen LogP contribution in [0.2, 0.25) is 0 Å². The second kappa shape index (κ2) is 27.4. The number of benzene rings is 2. The van der Waals surface area contributed by atoms with Gasteiger partial charge in [0.2, 0.25) is 23.6 Å². The molecule has 0 spiro atoms. The lowest BCUT2D eigenvalue weighted by Crippen LogP contribution is -2.58. The van der Waals surface area contributed by atoms with Crippen LogP contribution in [-0.2, 0) is 54.1 Å². The Morgan fingerprint density at radius 2 is 1.51 bits per heavy atom. The van der Waals surface area contributed by atoms with Gasteiger partial charge < -0.3 is 64.1 Å². The second-order valence-corrected chi connectivity index (χ2v) is 21.1. The number of β-amino-alcohol motifs (C(OH)–C–C–N with tert-alkyl or cyclic N) is 1. The average Bonchev–Trinajstić information content (AvgIpc) is 4.34. The van der Waals surface area contributed by atoms with Crippen LogP contribution < -0.4 is 10.6 Å². The summed E-state index contributed by atoms with van der Waals surface area (Å²) in [6.07, 6.45) is 1.21. The monoisotopic (exact) mass is 1070 g/mol. The Labute approximate surface area is 450 Å². The number of likely N-dealkylation sites (N-methyl/N-ethyl adjacent to an activating group) is 1. The summed E-state index contributed by atoms with van der Waals surface area (Å²) in [6.45, 7) is 17.0. The van der Waals surface area contributed by atoms with Crippen LogP contribution in [0.15, 0.2) is 59.9 Å². The molecule has 0 radical (unpaired) electrons. The Kier molecular flexibility index (Phi) is 20.9. The van der Waals surface area contributed by atoms with Crippen molar-refractivity contribution in [2.75, 3.05) is 86.2 Å². The van der Waals surface area contributed by atoms with Crippen LogP contribution in [0, 0.1) is 31.1 Å². The van der Waals surface area contributed by atoms with Gasteiger partial charge in [0.15, 0.2) is 5.82 Å². The summed E-state index contributed by atoms with van der Waals surface area (Å²) < 4.78 is 36.7. The van der Waals surface area contributed by atoms with Crippen LogP contribution in [0.25, 0.3) is 11.3 Å². The number of ether oxygens (including phenoxy) is 6. The third-order valence-corrected chi connectivity index (χ3v) is 14.3. The predicted octanol–water partition coefficient (Wildman–Crippen LogP) is 3.83. The number of phenols is 1. The Morgan fingerprint density at radius 1 is 0.870 bits per heavy atom. The number of imidazole rings is 1.